The van der Waals surface area contributed by atoms with Crippen LogP contribution in [0.1, 0.15) is 49.1 Å². The van der Waals surface area contributed by atoms with Crippen molar-refractivity contribution >= 4 is 39.3 Å². The van der Waals surface area contributed by atoms with Gasteiger partial charge in [-0.25, -0.2) is 9.79 Å². The molecule has 0 aliphatic carbocycles. The molecule has 1 aliphatic heterocycles. The van der Waals surface area contributed by atoms with Crippen LogP contribution in [0.2, 0.25) is 0 Å². The minimum Gasteiger partial charge on any atom is -0.493 e. The Kier molecular flexibility index (Phi) is 9.86. The number of ether oxygens (including phenoxy) is 4. The molecule has 5 rings (SSSR count). The highest BCUT2D eigenvalue weighted by atomic mass is 79.9. The summed E-state index contributed by atoms with van der Waals surface area (Å²) in [5.74, 6) is 1.08. The molecule has 9 nitrogen and oxygen atoms in total. The molecule has 1 atom stereocenters. The number of thiazole rings is 1. The molecule has 0 fully saturated rings. The van der Waals surface area contributed by atoms with Crippen molar-refractivity contribution in [2.24, 2.45) is 4.99 Å². The van der Waals surface area contributed by atoms with Crippen LogP contribution in [0.5, 0.6) is 17.2 Å². The normalized spacial score (nSPS) is 14.3. The quantitative estimate of drug-likeness (QED) is 0.205. The van der Waals surface area contributed by atoms with Crippen molar-refractivity contribution in [3.05, 3.63) is 118 Å². The van der Waals surface area contributed by atoms with Crippen LogP contribution in [-0.4, -0.2) is 30.9 Å². The fourth-order valence-electron chi connectivity index (χ4n) is 5.00. The van der Waals surface area contributed by atoms with E-state index in [1.165, 1.54) is 23.0 Å². The van der Waals surface area contributed by atoms with Crippen LogP contribution in [-0.2, 0) is 16.1 Å². The summed E-state index contributed by atoms with van der Waals surface area (Å²) in [6.07, 6.45) is 1.78. The second-order valence-electron chi connectivity index (χ2n) is 9.89. The van der Waals surface area contributed by atoms with E-state index in [4.69, 9.17) is 18.9 Å². The van der Waals surface area contributed by atoms with E-state index in [1.54, 1.807) is 38.1 Å². The lowest BCUT2D eigenvalue weighted by Crippen LogP contribution is -2.40. The number of aromatic nitrogens is 1. The Bertz CT molecular complexity index is 2010. The first-order valence-corrected chi connectivity index (χ1v) is 15.8. The van der Waals surface area contributed by atoms with E-state index in [2.05, 4.69) is 27.0 Å². The summed E-state index contributed by atoms with van der Waals surface area (Å²) in [5, 5.41) is 9.32. The zero-order valence-corrected chi connectivity index (χ0v) is 27.5. The van der Waals surface area contributed by atoms with Gasteiger partial charge in [0.2, 0.25) is 0 Å². The van der Waals surface area contributed by atoms with Gasteiger partial charge in [-0.1, -0.05) is 57.6 Å². The maximum absolute atomic E-state index is 14.0. The minimum absolute atomic E-state index is 0.172. The number of carbonyl (C=O) groups is 1. The number of fused-ring (bicyclic) bond motifs is 1. The first kappa shape index (κ1) is 31.8. The molecule has 0 radical (unpaired) electrons. The number of allylic oxidation sites excluding steroid dienone is 1. The van der Waals surface area contributed by atoms with E-state index in [0.29, 0.717) is 54.5 Å². The first-order chi connectivity index (χ1) is 21.8. The molecule has 45 heavy (non-hydrogen) atoms. The standard InChI is InChI=1S/C34H30BrN3O6S/c1-5-42-28-17-26(35)25(16-27(28)41-4)31-30(33(40)43-6-2)20(3)37-34-38(31)32(39)29(45-34)15-21-11-13-24(14-12-21)44-19-23-10-8-7-9-22(23)18-36/h7-17,31H,5-6,19H2,1-4H3/b29-15+/t31-/m0/s1. The van der Waals surface area contributed by atoms with Crippen LogP contribution in [0.4, 0.5) is 0 Å². The third kappa shape index (κ3) is 6.57. The van der Waals surface area contributed by atoms with Crippen molar-refractivity contribution < 1.29 is 23.7 Å². The monoisotopic (exact) mass is 687 g/mol. The number of methoxy groups -OCH3 is 1. The van der Waals surface area contributed by atoms with E-state index in [1.807, 2.05) is 49.4 Å². The van der Waals surface area contributed by atoms with Gasteiger partial charge in [0, 0.05) is 10.0 Å². The number of nitrogens with zero attached hydrogens (tertiary/aromatic N) is 3. The van der Waals surface area contributed by atoms with E-state index in [-0.39, 0.29) is 24.3 Å². The van der Waals surface area contributed by atoms with Gasteiger partial charge in [-0.05, 0) is 68.3 Å². The Balaban J connectivity index is 1.55. The van der Waals surface area contributed by atoms with Crippen molar-refractivity contribution in [2.45, 2.75) is 33.4 Å². The summed E-state index contributed by atoms with van der Waals surface area (Å²) in [4.78, 5) is 32.5. The van der Waals surface area contributed by atoms with Crippen molar-refractivity contribution in [3.8, 4) is 23.3 Å². The molecule has 0 N–H and O–H groups in total. The number of hydrogen-bond donors (Lipinski definition) is 0. The van der Waals surface area contributed by atoms with Gasteiger partial charge in [0.1, 0.15) is 12.4 Å². The zero-order chi connectivity index (χ0) is 32.1. The third-order valence-corrected chi connectivity index (χ3v) is 8.77. The first-order valence-electron chi connectivity index (χ1n) is 14.2. The number of nitriles is 1. The highest BCUT2D eigenvalue weighted by Gasteiger charge is 2.35. The van der Waals surface area contributed by atoms with Gasteiger partial charge in [0.05, 0.1) is 53.8 Å². The maximum Gasteiger partial charge on any atom is 0.338 e. The Labute approximate surface area is 272 Å². The Morgan fingerprint density at radius 1 is 1.09 bits per heavy atom. The largest absolute Gasteiger partial charge is 0.493 e. The van der Waals surface area contributed by atoms with Crippen molar-refractivity contribution in [2.75, 3.05) is 20.3 Å². The number of halogens is 1. The van der Waals surface area contributed by atoms with Gasteiger partial charge in [0.25, 0.3) is 5.56 Å². The summed E-state index contributed by atoms with van der Waals surface area (Å²) in [6.45, 7) is 6.22. The molecule has 0 spiro atoms. The van der Waals surface area contributed by atoms with Gasteiger partial charge in [-0.15, -0.1) is 0 Å². The molecule has 1 aromatic heterocycles. The van der Waals surface area contributed by atoms with Crippen LogP contribution in [0.3, 0.4) is 0 Å². The number of benzene rings is 3. The Hall–Kier alpha value is -4.66. The predicted molar refractivity (Wildman–Crippen MR) is 174 cm³/mol. The smallest absolute Gasteiger partial charge is 0.338 e. The fourth-order valence-corrected chi connectivity index (χ4v) is 6.59. The number of esters is 1. The number of rotatable bonds is 10. The summed E-state index contributed by atoms with van der Waals surface area (Å²) in [5.41, 5.74) is 3.21. The Morgan fingerprint density at radius 3 is 2.53 bits per heavy atom. The molecule has 0 unspecified atom stereocenters. The van der Waals surface area contributed by atoms with E-state index >= 15 is 0 Å². The Morgan fingerprint density at radius 2 is 1.84 bits per heavy atom. The van der Waals surface area contributed by atoms with Crippen molar-refractivity contribution in [1.29, 1.82) is 5.26 Å². The number of carbonyl (C=O) groups excluding carboxylic acids is 1. The summed E-state index contributed by atoms with van der Waals surface area (Å²) in [7, 11) is 1.54. The second-order valence-corrected chi connectivity index (χ2v) is 11.7. The highest BCUT2D eigenvalue weighted by Crippen LogP contribution is 2.41. The third-order valence-electron chi connectivity index (χ3n) is 7.10. The maximum atomic E-state index is 14.0. The van der Waals surface area contributed by atoms with Crippen LogP contribution in [0, 0.1) is 11.3 Å². The van der Waals surface area contributed by atoms with Gasteiger partial charge in [-0.2, -0.15) is 5.26 Å². The zero-order valence-electron chi connectivity index (χ0n) is 25.1. The van der Waals surface area contributed by atoms with Crippen LogP contribution >= 0.6 is 27.3 Å². The molecular formula is C34H30BrN3O6S. The second kappa shape index (κ2) is 14.0. The topological polar surface area (TPSA) is 112 Å². The van der Waals surface area contributed by atoms with E-state index in [0.717, 1.165) is 11.1 Å². The molecule has 11 heteroatoms. The molecule has 0 saturated heterocycles. The summed E-state index contributed by atoms with van der Waals surface area (Å²) in [6, 6.07) is 19.5. The van der Waals surface area contributed by atoms with E-state index in [9.17, 15) is 14.9 Å². The fraction of sp³-hybridized carbons (Fsp3) is 0.235. The van der Waals surface area contributed by atoms with Crippen LogP contribution in [0.15, 0.2) is 86.2 Å². The summed E-state index contributed by atoms with van der Waals surface area (Å²) >= 11 is 4.88. The van der Waals surface area contributed by atoms with Gasteiger partial charge in [-0.3, -0.25) is 9.36 Å². The van der Waals surface area contributed by atoms with Gasteiger partial charge >= 0.3 is 5.97 Å². The predicted octanol–water partition coefficient (Wildman–Crippen LogP) is 5.42. The van der Waals surface area contributed by atoms with Crippen molar-refractivity contribution in [1.82, 2.24) is 4.57 Å². The molecule has 0 bridgehead atoms. The number of hydrogen-bond acceptors (Lipinski definition) is 9. The molecule has 3 aromatic carbocycles. The van der Waals surface area contributed by atoms with Gasteiger partial charge < -0.3 is 18.9 Å². The lowest BCUT2D eigenvalue weighted by atomic mass is 9.95. The van der Waals surface area contributed by atoms with E-state index < -0.39 is 12.0 Å². The van der Waals surface area contributed by atoms with Crippen LogP contribution in [0.25, 0.3) is 6.08 Å². The lowest BCUT2D eigenvalue weighted by Gasteiger charge is -2.26. The molecule has 2 heterocycles. The molecular weight excluding hydrogens is 658 g/mol. The van der Waals surface area contributed by atoms with Gasteiger partial charge in [0.15, 0.2) is 16.3 Å². The average molecular weight is 689 g/mol. The van der Waals surface area contributed by atoms with Crippen LogP contribution < -0.4 is 29.1 Å². The average Bonchev–Trinajstić information content (AvgIpc) is 3.34. The lowest BCUT2D eigenvalue weighted by molar-refractivity contribution is -0.139. The summed E-state index contributed by atoms with van der Waals surface area (Å²) < 4.78 is 25.3. The molecule has 230 valence electrons. The molecule has 0 saturated carbocycles. The molecule has 4 aromatic rings. The minimum atomic E-state index is -0.825. The molecule has 1 aliphatic rings. The molecule has 0 amide bonds. The highest BCUT2D eigenvalue weighted by molar-refractivity contribution is 9.10. The SMILES string of the molecule is CCOC(=O)C1=C(C)N=c2s/c(=C/c3ccc(OCc4ccccc4C#N)cc3)c(=O)n2[C@H]1c1cc(OC)c(OCC)cc1Br. The van der Waals surface area contributed by atoms with Crippen molar-refractivity contribution in [3.63, 3.8) is 0 Å².